The number of carbonyl (C=O) groups excluding carboxylic acids is 1. The zero-order valence-electron chi connectivity index (χ0n) is 14.5. The van der Waals surface area contributed by atoms with E-state index in [1.165, 1.54) is 24.5 Å². The largest absolute Gasteiger partial charge is 0.416 e. The van der Waals surface area contributed by atoms with E-state index in [1.54, 1.807) is 13.0 Å². The van der Waals surface area contributed by atoms with Gasteiger partial charge < -0.3 is 11.1 Å². The van der Waals surface area contributed by atoms with Gasteiger partial charge >= 0.3 is 6.18 Å². The normalized spacial score (nSPS) is 11.3. The van der Waals surface area contributed by atoms with Crippen molar-refractivity contribution in [2.75, 3.05) is 11.1 Å². The fourth-order valence-electron chi connectivity index (χ4n) is 2.60. The van der Waals surface area contributed by atoms with Gasteiger partial charge in [0.25, 0.3) is 5.91 Å². The number of nitrogen functional groups attached to an aromatic ring is 1. The lowest BCUT2D eigenvalue weighted by molar-refractivity contribution is -0.137. The van der Waals surface area contributed by atoms with Crippen molar-refractivity contribution in [3.63, 3.8) is 0 Å². The van der Waals surface area contributed by atoms with Crippen LogP contribution in [0.3, 0.4) is 0 Å². The summed E-state index contributed by atoms with van der Waals surface area (Å²) in [6.45, 7) is 1.74. The summed E-state index contributed by atoms with van der Waals surface area (Å²) in [7, 11) is 0. The monoisotopic (exact) mass is 390 g/mol. The third-order valence-electron chi connectivity index (χ3n) is 4.01. The Morgan fingerprint density at radius 3 is 2.36 bits per heavy atom. The molecule has 3 rings (SSSR count). The van der Waals surface area contributed by atoms with E-state index >= 15 is 0 Å². The predicted molar refractivity (Wildman–Crippen MR) is 96.0 cm³/mol. The number of amides is 1. The van der Waals surface area contributed by atoms with Crippen LogP contribution in [0.1, 0.15) is 21.5 Å². The minimum Gasteiger partial charge on any atom is -0.368 e. The number of rotatable bonds is 3. The molecule has 1 aromatic heterocycles. The smallest absolute Gasteiger partial charge is 0.368 e. The van der Waals surface area contributed by atoms with Crippen LogP contribution >= 0.6 is 0 Å². The van der Waals surface area contributed by atoms with E-state index in [2.05, 4.69) is 15.3 Å². The molecule has 0 saturated carbocycles. The number of alkyl halides is 3. The van der Waals surface area contributed by atoms with Gasteiger partial charge in [-0.15, -0.1) is 0 Å². The van der Waals surface area contributed by atoms with Crippen LogP contribution in [0.4, 0.5) is 29.2 Å². The number of aromatic nitrogens is 2. The predicted octanol–water partition coefficient (Wildman–Crippen LogP) is 4.44. The Morgan fingerprint density at radius 2 is 1.75 bits per heavy atom. The summed E-state index contributed by atoms with van der Waals surface area (Å²) in [5, 5.41) is 2.18. The van der Waals surface area contributed by atoms with E-state index in [9.17, 15) is 22.4 Å². The van der Waals surface area contributed by atoms with Crippen molar-refractivity contribution in [1.29, 1.82) is 0 Å². The summed E-state index contributed by atoms with van der Waals surface area (Å²) < 4.78 is 52.2. The summed E-state index contributed by atoms with van der Waals surface area (Å²) in [6.07, 6.45) is -1.59. The second kappa shape index (κ2) is 7.26. The molecular formula is C19H14F4N4O. The lowest BCUT2D eigenvalue weighted by atomic mass is 10.00. The minimum absolute atomic E-state index is 0.125. The third kappa shape index (κ3) is 4.08. The molecule has 28 heavy (non-hydrogen) atoms. The van der Waals surface area contributed by atoms with Crippen molar-refractivity contribution >= 4 is 17.5 Å². The lowest BCUT2D eigenvalue weighted by Gasteiger charge is -2.12. The summed E-state index contributed by atoms with van der Waals surface area (Å²) >= 11 is 0. The molecule has 0 fully saturated rings. The highest BCUT2D eigenvalue weighted by Crippen LogP contribution is 2.32. The number of nitrogens with one attached hydrogen (secondary N) is 1. The number of benzene rings is 2. The van der Waals surface area contributed by atoms with Crippen LogP contribution < -0.4 is 11.1 Å². The molecule has 1 heterocycles. The molecule has 9 heteroatoms. The lowest BCUT2D eigenvalue weighted by Crippen LogP contribution is -2.14. The zero-order valence-corrected chi connectivity index (χ0v) is 14.5. The maximum Gasteiger partial charge on any atom is 0.416 e. The maximum absolute atomic E-state index is 13.8. The van der Waals surface area contributed by atoms with E-state index in [-0.39, 0.29) is 11.5 Å². The van der Waals surface area contributed by atoms with Gasteiger partial charge in [0, 0.05) is 23.5 Å². The van der Waals surface area contributed by atoms with Crippen LogP contribution in [-0.4, -0.2) is 15.9 Å². The highest BCUT2D eigenvalue weighted by Gasteiger charge is 2.31. The Kier molecular flexibility index (Phi) is 5.00. The van der Waals surface area contributed by atoms with E-state index in [0.29, 0.717) is 29.3 Å². The average Bonchev–Trinajstić information content (AvgIpc) is 2.63. The first-order valence-electron chi connectivity index (χ1n) is 8.02. The second-order valence-electron chi connectivity index (χ2n) is 6.01. The Balaban J connectivity index is 1.86. The van der Waals surface area contributed by atoms with Crippen LogP contribution in [-0.2, 0) is 6.18 Å². The van der Waals surface area contributed by atoms with Crippen molar-refractivity contribution in [1.82, 2.24) is 9.97 Å². The summed E-state index contributed by atoms with van der Waals surface area (Å²) in [4.78, 5) is 20.2. The van der Waals surface area contributed by atoms with E-state index in [0.717, 1.165) is 5.56 Å². The van der Waals surface area contributed by atoms with Crippen LogP contribution in [0, 0.1) is 12.7 Å². The zero-order chi connectivity index (χ0) is 20.5. The molecule has 144 valence electrons. The molecule has 0 bridgehead atoms. The average molecular weight is 390 g/mol. The van der Waals surface area contributed by atoms with Gasteiger partial charge in [0.15, 0.2) is 0 Å². The number of anilines is 2. The first-order chi connectivity index (χ1) is 13.1. The van der Waals surface area contributed by atoms with Gasteiger partial charge in [-0.2, -0.15) is 13.2 Å². The fourth-order valence-corrected chi connectivity index (χ4v) is 2.60. The van der Waals surface area contributed by atoms with Crippen LogP contribution in [0.25, 0.3) is 11.1 Å². The quantitative estimate of drug-likeness (QED) is 0.648. The summed E-state index contributed by atoms with van der Waals surface area (Å²) in [6, 6.07) is 6.47. The number of carbonyl (C=O) groups is 1. The minimum atomic E-state index is -4.65. The maximum atomic E-state index is 13.8. The van der Waals surface area contributed by atoms with Crippen molar-refractivity contribution in [2.24, 2.45) is 0 Å². The van der Waals surface area contributed by atoms with Gasteiger partial charge in [-0.1, -0.05) is 6.07 Å². The Morgan fingerprint density at radius 1 is 1.07 bits per heavy atom. The van der Waals surface area contributed by atoms with Gasteiger partial charge in [-0.05, 0) is 48.4 Å². The Hall–Kier alpha value is -3.49. The standard InChI is InChI=1S/C19H14F4N4O/c1-10-6-11(2-4-14(10)12-8-25-18(24)26-9-12)17(28)27-16-7-13(19(21,22)23)3-5-15(16)20/h2-9H,1H3,(H,27,28)(H2,24,25,26). The Labute approximate surface area is 157 Å². The van der Waals surface area contributed by atoms with Gasteiger partial charge in [-0.3, -0.25) is 4.79 Å². The number of halogens is 4. The van der Waals surface area contributed by atoms with Gasteiger partial charge in [0.05, 0.1) is 11.3 Å². The van der Waals surface area contributed by atoms with Gasteiger partial charge in [0.1, 0.15) is 5.82 Å². The van der Waals surface area contributed by atoms with Crippen LogP contribution in [0.2, 0.25) is 0 Å². The van der Waals surface area contributed by atoms with Crippen molar-refractivity contribution in [2.45, 2.75) is 13.1 Å². The third-order valence-corrected chi connectivity index (χ3v) is 4.01. The van der Waals surface area contributed by atoms with E-state index < -0.39 is 29.2 Å². The Bertz CT molecular complexity index is 1030. The van der Waals surface area contributed by atoms with Crippen LogP contribution in [0.15, 0.2) is 48.8 Å². The second-order valence-corrected chi connectivity index (χ2v) is 6.01. The molecular weight excluding hydrogens is 376 g/mol. The molecule has 0 atom stereocenters. The molecule has 0 aliphatic rings. The number of nitrogens with zero attached hydrogens (tertiary/aromatic N) is 2. The molecule has 0 aliphatic heterocycles. The molecule has 5 nitrogen and oxygen atoms in total. The SMILES string of the molecule is Cc1cc(C(=O)Nc2cc(C(F)(F)F)ccc2F)ccc1-c1cnc(N)nc1. The molecule has 0 aliphatic carbocycles. The summed E-state index contributed by atoms with van der Waals surface area (Å²) in [5.41, 5.74) is 6.14. The molecule has 0 spiro atoms. The molecule has 1 amide bonds. The van der Waals surface area contributed by atoms with Crippen molar-refractivity contribution in [3.05, 3.63) is 71.3 Å². The van der Waals surface area contributed by atoms with Crippen molar-refractivity contribution < 1.29 is 22.4 Å². The molecule has 2 aromatic carbocycles. The fraction of sp³-hybridized carbons (Fsp3) is 0.105. The molecule has 0 saturated heterocycles. The number of nitrogens with two attached hydrogens (primary N) is 1. The number of hydrogen-bond acceptors (Lipinski definition) is 4. The number of hydrogen-bond donors (Lipinski definition) is 2. The van der Waals surface area contributed by atoms with Crippen molar-refractivity contribution in [3.8, 4) is 11.1 Å². The highest BCUT2D eigenvalue weighted by molar-refractivity contribution is 6.04. The molecule has 0 unspecified atom stereocenters. The molecule has 3 aromatic rings. The highest BCUT2D eigenvalue weighted by atomic mass is 19.4. The first-order valence-corrected chi connectivity index (χ1v) is 8.02. The molecule has 0 radical (unpaired) electrons. The number of aryl methyl sites for hydroxylation is 1. The van der Waals surface area contributed by atoms with E-state index in [1.807, 2.05) is 0 Å². The topological polar surface area (TPSA) is 80.9 Å². The van der Waals surface area contributed by atoms with Gasteiger partial charge in [-0.25, -0.2) is 14.4 Å². The molecule has 3 N–H and O–H groups in total. The van der Waals surface area contributed by atoms with Crippen LogP contribution in [0.5, 0.6) is 0 Å². The van der Waals surface area contributed by atoms with Gasteiger partial charge in [0.2, 0.25) is 5.95 Å². The summed E-state index contributed by atoms with van der Waals surface area (Å²) in [5.74, 6) is -1.57. The van der Waals surface area contributed by atoms with E-state index in [4.69, 9.17) is 5.73 Å². The first kappa shape index (κ1) is 19.3.